The van der Waals surface area contributed by atoms with Crippen LogP contribution in [-0.4, -0.2) is 39.5 Å². The van der Waals surface area contributed by atoms with Gasteiger partial charge in [-0.25, -0.2) is 9.97 Å². The molecule has 8 heteroatoms. The first-order chi connectivity index (χ1) is 19.9. The lowest BCUT2D eigenvalue weighted by Gasteiger charge is -2.31. The molecular weight excluding hydrogens is 536 g/mol. The van der Waals surface area contributed by atoms with Gasteiger partial charge in [-0.1, -0.05) is 84.6 Å². The molecule has 0 aliphatic carbocycles. The molecule has 0 spiro atoms. The zero-order valence-corrected chi connectivity index (χ0v) is 23.8. The summed E-state index contributed by atoms with van der Waals surface area (Å²) in [6, 6.07) is 24.9. The molecule has 2 N–H and O–H groups in total. The number of fused-ring (bicyclic) bond motifs is 1. The third kappa shape index (κ3) is 6.99. The second-order valence-corrected chi connectivity index (χ2v) is 10.8. The second kappa shape index (κ2) is 13.1. The molecule has 1 unspecified atom stereocenters. The van der Waals surface area contributed by atoms with Gasteiger partial charge >= 0.3 is 0 Å². The van der Waals surface area contributed by atoms with Crippen LogP contribution in [0, 0.1) is 6.92 Å². The smallest absolute Gasteiger partial charge is 0.257 e. The number of rotatable bonds is 10. The summed E-state index contributed by atoms with van der Waals surface area (Å²) in [7, 11) is 0. The summed E-state index contributed by atoms with van der Waals surface area (Å²) in [6.07, 6.45) is 2.57. The first-order valence-corrected chi connectivity index (χ1v) is 14.3. The third-order valence-corrected chi connectivity index (χ3v) is 7.43. The molecule has 210 valence electrons. The quantitative estimate of drug-likeness (QED) is 0.210. The summed E-state index contributed by atoms with van der Waals surface area (Å²) < 4.78 is 0. The Morgan fingerprint density at radius 1 is 0.902 bits per heavy atom. The standard InChI is InChI=1S/C33H33ClN4O3/c1-22-12-14-23(15-13-22)30-31(24-16-18-25(34)19-17-24)37-32-27(36-30)21-28(39)33(41)38(32)20-8-3-2-7-11-29(40)35-26-9-5-4-6-10-26/h4-6,9-10,12-19,28,39H,2-3,7-8,11,20-21H2,1H3,(H,35,40). The van der Waals surface area contributed by atoms with Gasteiger partial charge in [0.15, 0.2) is 5.82 Å². The predicted molar refractivity (Wildman–Crippen MR) is 163 cm³/mol. The number of benzene rings is 3. The first kappa shape index (κ1) is 28.5. The van der Waals surface area contributed by atoms with E-state index in [-0.39, 0.29) is 18.2 Å². The number of aryl methyl sites for hydroxylation is 1. The van der Waals surface area contributed by atoms with Crippen molar-refractivity contribution >= 4 is 34.9 Å². The van der Waals surface area contributed by atoms with Gasteiger partial charge in [0.1, 0.15) is 6.10 Å². The molecule has 3 aromatic carbocycles. The van der Waals surface area contributed by atoms with Crippen LogP contribution in [0.1, 0.15) is 43.4 Å². The van der Waals surface area contributed by atoms with Gasteiger partial charge in [-0.15, -0.1) is 0 Å². The number of para-hydroxylation sites is 1. The molecule has 5 rings (SSSR count). The van der Waals surface area contributed by atoms with Crippen molar-refractivity contribution in [3.8, 4) is 22.5 Å². The van der Waals surface area contributed by atoms with E-state index < -0.39 is 6.10 Å². The van der Waals surface area contributed by atoms with Crippen LogP contribution < -0.4 is 10.2 Å². The minimum absolute atomic E-state index is 0.00570. The number of hydrogen-bond donors (Lipinski definition) is 2. The lowest BCUT2D eigenvalue weighted by Crippen LogP contribution is -2.46. The Morgan fingerprint density at radius 2 is 1.54 bits per heavy atom. The predicted octanol–water partition coefficient (Wildman–Crippen LogP) is 6.61. The number of halogens is 1. The molecule has 4 aromatic rings. The molecular formula is C33H33ClN4O3. The number of amides is 2. The molecule has 1 aliphatic rings. The van der Waals surface area contributed by atoms with Crippen molar-refractivity contribution in [3.05, 3.63) is 95.1 Å². The Bertz CT molecular complexity index is 1510. The van der Waals surface area contributed by atoms with Crippen LogP contribution in [0.25, 0.3) is 22.5 Å². The summed E-state index contributed by atoms with van der Waals surface area (Å²) >= 11 is 6.16. The van der Waals surface area contributed by atoms with E-state index in [0.29, 0.717) is 40.9 Å². The van der Waals surface area contributed by atoms with E-state index in [1.165, 1.54) is 0 Å². The van der Waals surface area contributed by atoms with Crippen LogP contribution >= 0.6 is 11.6 Å². The number of aliphatic hydroxyl groups is 1. The minimum Gasteiger partial charge on any atom is -0.383 e. The molecule has 2 heterocycles. The molecule has 0 fully saturated rings. The zero-order valence-electron chi connectivity index (χ0n) is 23.0. The lowest BCUT2D eigenvalue weighted by atomic mass is 10.0. The number of aliphatic hydroxyl groups excluding tert-OH is 1. The van der Waals surface area contributed by atoms with E-state index >= 15 is 0 Å². The first-order valence-electron chi connectivity index (χ1n) is 14.0. The van der Waals surface area contributed by atoms with E-state index in [2.05, 4.69) is 5.32 Å². The van der Waals surface area contributed by atoms with Gasteiger partial charge in [-0.2, -0.15) is 0 Å². The van der Waals surface area contributed by atoms with Gasteiger partial charge in [-0.3, -0.25) is 14.5 Å². The SMILES string of the molecule is Cc1ccc(-c2nc3c(nc2-c2ccc(Cl)cc2)N(CCCCCCC(=O)Nc2ccccc2)C(=O)C(O)C3)cc1. The van der Waals surface area contributed by atoms with Gasteiger partial charge in [0.25, 0.3) is 5.91 Å². The zero-order chi connectivity index (χ0) is 28.8. The Balaban J connectivity index is 1.30. The highest BCUT2D eigenvalue weighted by Gasteiger charge is 2.34. The fourth-order valence-corrected chi connectivity index (χ4v) is 5.09. The molecule has 1 atom stereocenters. The number of aromatic nitrogens is 2. The molecule has 0 saturated carbocycles. The summed E-state index contributed by atoms with van der Waals surface area (Å²) in [4.78, 5) is 36.8. The molecule has 41 heavy (non-hydrogen) atoms. The van der Waals surface area contributed by atoms with Crippen LogP contribution in [0.5, 0.6) is 0 Å². The fourth-order valence-electron chi connectivity index (χ4n) is 4.96. The number of unbranched alkanes of at least 4 members (excludes halogenated alkanes) is 3. The van der Waals surface area contributed by atoms with Crippen molar-refractivity contribution in [1.29, 1.82) is 0 Å². The van der Waals surface area contributed by atoms with E-state index in [1.54, 1.807) is 4.90 Å². The van der Waals surface area contributed by atoms with Crippen LogP contribution in [0.4, 0.5) is 11.5 Å². The van der Waals surface area contributed by atoms with Crippen LogP contribution in [0.15, 0.2) is 78.9 Å². The van der Waals surface area contributed by atoms with Crippen molar-refractivity contribution in [2.45, 2.75) is 51.6 Å². The van der Waals surface area contributed by atoms with Gasteiger partial charge in [0.2, 0.25) is 5.91 Å². The van der Waals surface area contributed by atoms with Crippen molar-refractivity contribution < 1.29 is 14.7 Å². The molecule has 0 bridgehead atoms. The van der Waals surface area contributed by atoms with Crippen molar-refractivity contribution in [2.24, 2.45) is 0 Å². The van der Waals surface area contributed by atoms with Crippen molar-refractivity contribution in [1.82, 2.24) is 9.97 Å². The van der Waals surface area contributed by atoms with Crippen LogP contribution in [0.2, 0.25) is 5.02 Å². The molecule has 0 saturated heterocycles. The highest BCUT2D eigenvalue weighted by molar-refractivity contribution is 6.30. The maximum absolute atomic E-state index is 13.1. The Kier molecular flexibility index (Phi) is 9.07. The van der Waals surface area contributed by atoms with Crippen molar-refractivity contribution in [3.63, 3.8) is 0 Å². The van der Waals surface area contributed by atoms with Gasteiger partial charge in [0, 0.05) is 41.2 Å². The molecule has 1 aromatic heterocycles. The number of hydrogen-bond acceptors (Lipinski definition) is 5. The average molecular weight is 569 g/mol. The summed E-state index contributed by atoms with van der Waals surface area (Å²) in [5.74, 6) is 0.122. The highest BCUT2D eigenvalue weighted by atomic mass is 35.5. The summed E-state index contributed by atoms with van der Waals surface area (Å²) in [5, 5.41) is 14.1. The maximum atomic E-state index is 13.1. The Labute approximate surface area is 245 Å². The summed E-state index contributed by atoms with van der Waals surface area (Å²) in [5.41, 5.74) is 5.63. The largest absolute Gasteiger partial charge is 0.383 e. The van der Waals surface area contributed by atoms with Gasteiger partial charge in [0.05, 0.1) is 17.1 Å². The molecule has 0 radical (unpaired) electrons. The molecule has 1 aliphatic heterocycles. The van der Waals surface area contributed by atoms with Gasteiger partial charge in [-0.05, 0) is 44.0 Å². The van der Waals surface area contributed by atoms with E-state index in [9.17, 15) is 14.7 Å². The van der Waals surface area contributed by atoms with E-state index in [0.717, 1.165) is 48.1 Å². The maximum Gasteiger partial charge on any atom is 0.257 e. The Hall–Kier alpha value is -4.07. The normalized spacial score (nSPS) is 14.6. The monoisotopic (exact) mass is 568 g/mol. The highest BCUT2D eigenvalue weighted by Crippen LogP contribution is 2.35. The van der Waals surface area contributed by atoms with Gasteiger partial charge < -0.3 is 10.4 Å². The number of carbonyl (C=O) groups excluding carboxylic acids is 2. The van der Waals surface area contributed by atoms with Crippen molar-refractivity contribution in [2.75, 3.05) is 16.8 Å². The van der Waals surface area contributed by atoms with E-state index in [1.807, 2.05) is 85.8 Å². The number of carbonyl (C=O) groups is 2. The average Bonchev–Trinajstić information content (AvgIpc) is 2.97. The Morgan fingerprint density at radius 3 is 2.24 bits per heavy atom. The molecule has 2 amide bonds. The third-order valence-electron chi connectivity index (χ3n) is 7.18. The van der Waals surface area contributed by atoms with E-state index in [4.69, 9.17) is 21.6 Å². The second-order valence-electron chi connectivity index (χ2n) is 10.4. The minimum atomic E-state index is -1.16. The fraction of sp³-hybridized carbons (Fsp3) is 0.273. The lowest BCUT2D eigenvalue weighted by molar-refractivity contribution is -0.127. The van der Waals surface area contributed by atoms with Crippen LogP contribution in [-0.2, 0) is 16.0 Å². The number of nitrogens with zero attached hydrogens (tertiary/aromatic N) is 3. The topological polar surface area (TPSA) is 95.4 Å². The number of anilines is 2. The number of nitrogens with one attached hydrogen (secondary N) is 1. The van der Waals surface area contributed by atoms with Crippen LogP contribution in [0.3, 0.4) is 0 Å². The summed E-state index contributed by atoms with van der Waals surface area (Å²) in [6.45, 7) is 2.44. The molecule has 7 nitrogen and oxygen atoms in total.